The molecule has 2 aromatic carbocycles. The first-order chi connectivity index (χ1) is 9.47. The zero-order chi connectivity index (χ0) is 14.7. The van der Waals surface area contributed by atoms with Crippen LogP contribution >= 0.6 is 0 Å². The van der Waals surface area contributed by atoms with Gasteiger partial charge in [-0.2, -0.15) is 0 Å². The summed E-state index contributed by atoms with van der Waals surface area (Å²) in [6.45, 7) is 3.87. The molecule has 0 atom stereocenters. The molecule has 5 nitrogen and oxygen atoms in total. The van der Waals surface area contributed by atoms with Crippen molar-refractivity contribution in [1.82, 2.24) is 0 Å². The van der Waals surface area contributed by atoms with Crippen LogP contribution in [0.3, 0.4) is 0 Å². The standard InChI is InChI=1S/C15H16N2O3/c1-10-6-11(2)15(14(7-10)17(18)19)20-9-12-4-3-5-13(16)8-12/h3-8H,9,16H2,1-2H3. The van der Waals surface area contributed by atoms with Gasteiger partial charge in [0, 0.05) is 11.8 Å². The molecule has 0 bridgehead atoms. The fourth-order valence-corrected chi connectivity index (χ4v) is 2.09. The first-order valence-electron chi connectivity index (χ1n) is 6.20. The number of nitro benzene ring substituents is 1. The van der Waals surface area contributed by atoms with Crippen molar-refractivity contribution in [3.05, 3.63) is 63.2 Å². The van der Waals surface area contributed by atoms with Crippen LogP contribution in [0.2, 0.25) is 0 Å². The minimum absolute atomic E-state index is 0.00796. The number of hydrogen-bond donors (Lipinski definition) is 1. The molecule has 0 aromatic heterocycles. The van der Waals surface area contributed by atoms with Crippen molar-refractivity contribution in [1.29, 1.82) is 0 Å². The van der Waals surface area contributed by atoms with Gasteiger partial charge in [0.2, 0.25) is 0 Å². The Kier molecular flexibility index (Phi) is 3.89. The van der Waals surface area contributed by atoms with Gasteiger partial charge in [-0.1, -0.05) is 18.2 Å². The Balaban J connectivity index is 2.27. The second-order valence-corrected chi connectivity index (χ2v) is 4.72. The molecule has 0 fully saturated rings. The van der Waals surface area contributed by atoms with Gasteiger partial charge in [-0.3, -0.25) is 10.1 Å². The van der Waals surface area contributed by atoms with Crippen LogP contribution in [0.25, 0.3) is 0 Å². The van der Waals surface area contributed by atoms with Crippen LogP contribution < -0.4 is 10.5 Å². The van der Waals surface area contributed by atoms with E-state index < -0.39 is 4.92 Å². The molecule has 0 radical (unpaired) electrons. The van der Waals surface area contributed by atoms with E-state index in [4.69, 9.17) is 10.5 Å². The molecule has 0 aliphatic rings. The van der Waals surface area contributed by atoms with E-state index >= 15 is 0 Å². The summed E-state index contributed by atoms with van der Waals surface area (Å²) in [6.07, 6.45) is 0. The van der Waals surface area contributed by atoms with E-state index in [2.05, 4.69) is 0 Å². The summed E-state index contributed by atoms with van der Waals surface area (Å²) in [5, 5.41) is 11.1. The molecular weight excluding hydrogens is 256 g/mol. The Hall–Kier alpha value is -2.56. The minimum atomic E-state index is -0.422. The Morgan fingerprint density at radius 3 is 2.65 bits per heavy atom. The highest BCUT2D eigenvalue weighted by atomic mass is 16.6. The van der Waals surface area contributed by atoms with Crippen LogP contribution in [0.4, 0.5) is 11.4 Å². The van der Waals surface area contributed by atoms with Gasteiger partial charge in [-0.15, -0.1) is 0 Å². The van der Waals surface area contributed by atoms with Crippen LogP contribution in [0, 0.1) is 24.0 Å². The highest BCUT2D eigenvalue weighted by molar-refractivity contribution is 5.53. The van der Waals surface area contributed by atoms with E-state index in [1.807, 2.05) is 25.1 Å². The summed E-state index contributed by atoms with van der Waals surface area (Å²) >= 11 is 0. The monoisotopic (exact) mass is 272 g/mol. The van der Waals surface area contributed by atoms with Gasteiger partial charge < -0.3 is 10.5 Å². The van der Waals surface area contributed by atoms with E-state index in [9.17, 15) is 10.1 Å². The fourth-order valence-electron chi connectivity index (χ4n) is 2.09. The Bertz CT molecular complexity index is 654. The molecule has 0 saturated heterocycles. The van der Waals surface area contributed by atoms with Crippen LogP contribution in [-0.4, -0.2) is 4.92 Å². The second kappa shape index (κ2) is 5.61. The average molecular weight is 272 g/mol. The van der Waals surface area contributed by atoms with E-state index in [0.29, 0.717) is 11.4 Å². The van der Waals surface area contributed by atoms with Gasteiger partial charge >= 0.3 is 5.69 Å². The van der Waals surface area contributed by atoms with Crippen molar-refractivity contribution >= 4 is 11.4 Å². The zero-order valence-corrected chi connectivity index (χ0v) is 11.4. The quantitative estimate of drug-likeness (QED) is 0.525. The van der Waals surface area contributed by atoms with Crippen molar-refractivity contribution in [2.75, 3.05) is 5.73 Å². The number of hydrogen-bond acceptors (Lipinski definition) is 4. The minimum Gasteiger partial charge on any atom is -0.482 e. The van der Waals surface area contributed by atoms with Crippen molar-refractivity contribution < 1.29 is 9.66 Å². The summed E-state index contributed by atoms with van der Waals surface area (Å²) in [7, 11) is 0. The Morgan fingerprint density at radius 2 is 2.00 bits per heavy atom. The van der Waals surface area contributed by atoms with Gasteiger partial charge in [0.05, 0.1) is 4.92 Å². The molecular formula is C15H16N2O3. The fraction of sp³-hybridized carbons (Fsp3) is 0.200. The molecule has 2 aromatic rings. The lowest BCUT2D eigenvalue weighted by Crippen LogP contribution is -2.02. The highest BCUT2D eigenvalue weighted by Gasteiger charge is 2.18. The van der Waals surface area contributed by atoms with Gasteiger partial charge in [0.15, 0.2) is 5.75 Å². The average Bonchev–Trinajstić information content (AvgIpc) is 2.36. The number of nitro groups is 1. The maximum absolute atomic E-state index is 11.1. The van der Waals surface area contributed by atoms with E-state index in [0.717, 1.165) is 16.7 Å². The largest absolute Gasteiger partial charge is 0.482 e. The summed E-state index contributed by atoms with van der Waals surface area (Å²) in [5.41, 5.74) is 8.79. The molecule has 5 heteroatoms. The molecule has 0 amide bonds. The molecule has 0 spiro atoms. The molecule has 0 aliphatic carbocycles. The van der Waals surface area contributed by atoms with Crippen LogP contribution in [0.5, 0.6) is 5.75 Å². The second-order valence-electron chi connectivity index (χ2n) is 4.72. The molecule has 20 heavy (non-hydrogen) atoms. The van der Waals surface area contributed by atoms with Gasteiger partial charge in [0.25, 0.3) is 0 Å². The van der Waals surface area contributed by atoms with Crippen LogP contribution in [0.1, 0.15) is 16.7 Å². The number of aryl methyl sites for hydroxylation is 2. The smallest absolute Gasteiger partial charge is 0.311 e. The van der Waals surface area contributed by atoms with Gasteiger partial charge in [-0.25, -0.2) is 0 Å². The Labute approximate surface area is 117 Å². The maximum atomic E-state index is 11.1. The number of anilines is 1. The molecule has 0 unspecified atom stereocenters. The van der Waals surface area contributed by atoms with Gasteiger partial charge in [0.1, 0.15) is 6.61 Å². The lowest BCUT2D eigenvalue weighted by Gasteiger charge is -2.11. The molecule has 2 N–H and O–H groups in total. The summed E-state index contributed by atoms with van der Waals surface area (Å²) in [4.78, 5) is 10.7. The van der Waals surface area contributed by atoms with Gasteiger partial charge in [-0.05, 0) is 42.7 Å². The molecule has 2 rings (SSSR count). The van der Waals surface area contributed by atoms with Crippen molar-refractivity contribution in [3.8, 4) is 5.75 Å². The van der Waals surface area contributed by atoms with Crippen molar-refractivity contribution in [3.63, 3.8) is 0 Å². The lowest BCUT2D eigenvalue weighted by molar-refractivity contribution is -0.386. The normalized spacial score (nSPS) is 10.3. The molecule has 0 aliphatic heterocycles. The number of benzene rings is 2. The predicted molar refractivity (Wildman–Crippen MR) is 77.8 cm³/mol. The molecule has 0 saturated carbocycles. The van der Waals surface area contributed by atoms with E-state index in [1.165, 1.54) is 6.07 Å². The van der Waals surface area contributed by atoms with Crippen molar-refractivity contribution in [2.45, 2.75) is 20.5 Å². The molecule has 104 valence electrons. The third-order valence-corrected chi connectivity index (χ3v) is 2.93. The Morgan fingerprint density at radius 1 is 1.25 bits per heavy atom. The van der Waals surface area contributed by atoms with E-state index in [1.54, 1.807) is 19.1 Å². The van der Waals surface area contributed by atoms with Crippen LogP contribution in [-0.2, 0) is 6.61 Å². The highest BCUT2D eigenvalue weighted by Crippen LogP contribution is 2.32. The topological polar surface area (TPSA) is 78.4 Å². The van der Waals surface area contributed by atoms with Crippen LogP contribution in [0.15, 0.2) is 36.4 Å². The van der Waals surface area contributed by atoms with E-state index in [-0.39, 0.29) is 12.3 Å². The number of nitrogen functional groups attached to an aromatic ring is 1. The first-order valence-corrected chi connectivity index (χ1v) is 6.20. The molecule has 0 heterocycles. The summed E-state index contributed by atoms with van der Waals surface area (Å²) in [5.74, 6) is 0.308. The maximum Gasteiger partial charge on any atom is 0.311 e. The first kappa shape index (κ1) is 13.9. The number of rotatable bonds is 4. The number of ether oxygens (including phenoxy) is 1. The predicted octanol–water partition coefficient (Wildman–Crippen LogP) is 3.37. The number of nitrogens with zero attached hydrogens (tertiary/aromatic N) is 1. The third kappa shape index (κ3) is 3.06. The summed E-state index contributed by atoms with van der Waals surface area (Å²) in [6, 6.07) is 10.6. The van der Waals surface area contributed by atoms with Crippen molar-refractivity contribution in [2.24, 2.45) is 0 Å². The zero-order valence-electron chi connectivity index (χ0n) is 11.4. The lowest BCUT2D eigenvalue weighted by atomic mass is 10.1. The summed E-state index contributed by atoms with van der Waals surface area (Å²) < 4.78 is 5.63. The SMILES string of the molecule is Cc1cc(C)c(OCc2cccc(N)c2)c([N+](=O)[O-])c1. The third-order valence-electron chi connectivity index (χ3n) is 2.93. The number of nitrogens with two attached hydrogens (primary N) is 1.